The third-order valence-corrected chi connectivity index (χ3v) is 1.67. The summed E-state index contributed by atoms with van der Waals surface area (Å²) in [4.78, 5) is 10.7. The van der Waals surface area contributed by atoms with Crippen LogP contribution in [-0.4, -0.2) is 17.7 Å². The maximum atomic E-state index is 10.7. The number of carboxylic acid groups (broad SMARTS) is 1. The molecule has 0 spiro atoms. The molecule has 3 heteroatoms. The van der Waals surface area contributed by atoms with Gasteiger partial charge in [-0.25, -0.2) is 4.79 Å². The van der Waals surface area contributed by atoms with Crippen LogP contribution in [0.1, 0.15) is 22.8 Å². The maximum Gasteiger partial charge on any atom is 0.339 e. The van der Waals surface area contributed by atoms with Gasteiger partial charge in [0.25, 0.3) is 0 Å². The van der Waals surface area contributed by atoms with Crippen molar-refractivity contribution in [1.82, 2.24) is 0 Å². The normalized spacial score (nSPS) is 9.69. The van der Waals surface area contributed by atoms with E-state index in [9.17, 15) is 4.79 Å². The summed E-state index contributed by atoms with van der Waals surface area (Å²) < 4.78 is 5.20. The molecule has 0 aliphatic carbocycles. The Labute approximate surface area is 77.0 Å². The van der Waals surface area contributed by atoms with Crippen LogP contribution in [0.2, 0.25) is 0 Å². The number of carboxylic acids is 1. The van der Waals surface area contributed by atoms with Gasteiger partial charge in [0, 0.05) is 0 Å². The fourth-order valence-corrected chi connectivity index (χ4v) is 1.08. The summed E-state index contributed by atoms with van der Waals surface area (Å²) in [6.07, 6.45) is 0. The van der Waals surface area contributed by atoms with Crippen molar-refractivity contribution in [2.45, 2.75) is 13.8 Å². The van der Waals surface area contributed by atoms with Gasteiger partial charge in [0.2, 0.25) is 0 Å². The van der Waals surface area contributed by atoms with Crippen molar-refractivity contribution in [3.05, 3.63) is 29.3 Å². The molecule has 0 aromatic heterocycles. The van der Waals surface area contributed by atoms with Crippen LogP contribution in [0.25, 0.3) is 0 Å². The van der Waals surface area contributed by atoms with Gasteiger partial charge in [-0.2, -0.15) is 0 Å². The molecule has 13 heavy (non-hydrogen) atoms. The van der Waals surface area contributed by atoms with Crippen LogP contribution in [0, 0.1) is 6.92 Å². The number of benzene rings is 1. The molecule has 0 saturated heterocycles. The second-order valence-electron chi connectivity index (χ2n) is 2.74. The number of aryl methyl sites for hydroxylation is 1. The van der Waals surface area contributed by atoms with Crippen molar-refractivity contribution in [2.75, 3.05) is 6.61 Å². The molecule has 3 nitrogen and oxygen atoms in total. The lowest BCUT2D eigenvalue weighted by Crippen LogP contribution is -2.02. The van der Waals surface area contributed by atoms with Gasteiger partial charge in [0.15, 0.2) is 0 Å². The Balaban J connectivity index is 3.10. The van der Waals surface area contributed by atoms with Gasteiger partial charge < -0.3 is 9.84 Å². The van der Waals surface area contributed by atoms with E-state index in [0.29, 0.717) is 12.4 Å². The van der Waals surface area contributed by atoms with Crippen molar-refractivity contribution in [3.63, 3.8) is 0 Å². The number of carbonyl (C=O) groups is 1. The molecule has 0 amide bonds. The van der Waals surface area contributed by atoms with Gasteiger partial charge in [-0.3, -0.25) is 0 Å². The molecule has 70 valence electrons. The highest BCUT2D eigenvalue weighted by atomic mass is 16.5. The highest BCUT2D eigenvalue weighted by Gasteiger charge is 2.10. The zero-order valence-electron chi connectivity index (χ0n) is 7.70. The van der Waals surface area contributed by atoms with E-state index in [4.69, 9.17) is 9.84 Å². The Morgan fingerprint density at radius 1 is 1.54 bits per heavy atom. The summed E-state index contributed by atoms with van der Waals surface area (Å²) in [6, 6.07) is 5.04. The van der Waals surface area contributed by atoms with Gasteiger partial charge in [0.05, 0.1) is 6.61 Å². The summed E-state index contributed by atoms with van der Waals surface area (Å²) in [5.74, 6) is -0.515. The highest BCUT2D eigenvalue weighted by Crippen LogP contribution is 2.19. The molecular formula is C10H12O3. The summed E-state index contributed by atoms with van der Waals surface area (Å²) in [6.45, 7) is 4.20. The summed E-state index contributed by atoms with van der Waals surface area (Å²) in [5.41, 5.74) is 1.21. The quantitative estimate of drug-likeness (QED) is 0.774. The molecule has 1 N–H and O–H groups in total. The Hall–Kier alpha value is -1.51. The van der Waals surface area contributed by atoms with Gasteiger partial charge >= 0.3 is 5.97 Å². The smallest absolute Gasteiger partial charge is 0.339 e. The van der Waals surface area contributed by atoms with E-state index >= 15 is 0 Å². The second-order valence-corrected chi connectivity index (χ2v) is 2.74. The predicted octanol–water partition coefficient (Wildman–Crippen LogP) is 2.09. The predicted molar refractivity (Wildman–Crippen MR) is 49.3 cm³/mol. The first kappa shape index (κ1) is 9.58. The minimum absolute atomic E-state index is 0.215. The Kier molecular flexibility index (Phi) is 2.90. The minimum atomic E-state index is -0.955. The monoisotopic (exact) mass is 180 g/mol. The first-order chi connectivity index (χ1) is 6.15. The fourth-order valence-electron chi connectivity index (χ4n) is 1.08. The second kappa shape index (κ2) is 3.94. The number of hydrogen-bond donors (Lipinski definition) is 1. The Morgan fingerprint density at radius 3 is 2.77 bits per heavy atom. The molecule has 1 aromatic rings. The molecule has 0 atom stereocenters. The highest BCUT2D eigenvalue weighted by molar-refractivity contribution is 5.90. The first-order valence-electron chi connectivity index (χ1n) is 4.12. The molecule has 0 unspecified atom stereocenters. The van der Waals surface area contributed by atoms with Gasteiger partial charge in [-0.15, -0.1) is 0 Å². The summed E-state index contributed by atoms with van der Waals surface area (Å²) in [5, 5.41) is 8.80. The van der Waals surface area contributed by atoms with Gasteiger partial charge in [-0.05, 0) is 31.5 Å². The zero-order chi connectivity index (χ0) is 9.84. The van der Waals surface area contributed by atoms with Crippen LogP contribution >= 0.6 is 0 Å². The van der Waals surface area contributed by atoms with Crippen molar-refractivity contribution in [1.29, 1.82) is 0 Å². The van der Waals surface area contributed by atoms with Gasteiger partial charge in [0.1, 0.15) is 11.3 Å². The van der Waals surface area contributed by atoms with E-state index in [-0.39, 0.29) is 5.56 Å². The lowest BCUT2D eigenvalue weighted by atomic mass is 10.1. The van der Waals surface area contributed by atoms with E-state index in [0.717, 1.165) is 5.56 Å². The van der Waals surface area contributed by atoms with Crippen LogP contribution in [0.5, 0.6) is 5.75 Å². The molecule has 0 bridgehead atoms. The summed E-state index contributed by atoms with van der Waals surface area (Å²) >= 11 is 0. The molecule has 0 saturated carbocycles. The van der Waals surface area contributed by atoms with Crippen LogP contribution in [0.3, 0.4) is 0 Å². The number of aromatic carboxylic acids is 1. The third kappa shape index (κ3) is 2.21. The average molecular weight is 180 g/mol. The lowest BCUT2D eigenvalue weighted by molar-refractivity contribution is 0.0692. The minimum Gasteiger partial charge on any atom is -0.493 e. The molecular weight excluding hydrogens is 168 g/mol. The topological polar surface area (TPSA) is 46.5 Å². The Morgan fingerprint density at radius 2 is 2.23 bits per heavy atom. The standard InChI is InChI=1S/C10H12O3/c1-3-13-9-6-7(2)4-5-8(9)10(11)12/h4-6H,3H2,1-2H3,(H,11,12). The third-order valence-electron chi connectivity index (χ3n) is 1.67. The molecule has 0 aliphatic heterocycles. The summed E-state index contributed by atoms with van der Waals surface area (Å²) in [7, 11) is 0. The van der Waals surface area contributed by atoms with Crippen LogP contribution in [0.4, 0.5) is 0 Å². The molecule has 0 aliphatic rings. The van der Waals surface area contributed by atoms with E-state index in [1.165, 1.54) is 0 Å². The van der Waals surface area contributed by atoms with E-state index in [1.807, 2.05) is 13.8 Å². The average Bonchev–Trinajstić information content (AvgIpc) is 2.04. The maximum absolute atomic E-state index is 10.7. The van der Waals surface area contributed by atoms with Crippen molar-refractivity contribution in [3.8, 4) is 5.75 Å². The molecule has 1 aromatic carbocycles. The Bertz CT molecular complexity index is 318. The molecule has 0 heterocycles. The fraction of sp³-hybridized carbons (Fsp3) is 0.300. The van der Waals surface area contributed by atoms with Crippen LogP contribution in [-0.2, 0) is 0 Å². The molecule has 0 radical (unpaired) electrons. The number of hydrogen-bond acceptors (Lipinski definition) is 2. The molecule has 1 rings (SSSR count). The zero-order valence-corrected chi connectivity index (χ0v) is 7.70. The first-order valence-corrected chi connectivity index (χ1v) is 4.12. The van der Waals surface area contributed by atoms with E-state index in [1.54, 1.807) is 18.2 Å². The van der Waals surface area contributed by atoms with Crippen LogP contribution in [0.15, 0.2) is 18.2 Å². The lowest BCUT2D eigenvalue weighted by Gasteiger charge is -2.07. The van der Waals surface area contributed by atoms with Crippen molar-refractivity contribution in [2.24, 2.45) is 0 Å². The number of ether oxygens (including phenoxy) is 1. The van der Waals surface area contributed by atoms with Gasteiger partial charge in [-0.1, -0.05) is 6.07 Å². The van der Waals surface area contributed by atoms with Crippen molar-refractivity contribution < 1.29 is 14.6 Å². The van der Waals surface area contributed by atoms with E-state index < -0.39 is 5.97 Å². The molecule has 0 fully saturated rings. The van der Waals surface area contributed by atoms with E-state index in [2.05, 4.69) is 0 Å². The SMILES string of the molecule is CCOc1cc(C)ccc1C(=O)O. The van der Waals surface area contributed by atoms with Crippen LogP contribution < -0.4 is 4.74 Å². The largest absolute Gasteiger partial charge is 0.493 e. The number of rotatable bonds is 3. The van der Waals surface area contributed by atoms with Crippen molar-refractivity contribution >= 4 is 5.97 Å².